The van der Waals surface area contributed by atoms with Crippen LogP contribution in [0.5, 0.6) is 0 Å². The fraction of sp³-hybridized carbons (Fsp3) is 0.643. The Kier molecular flexibility index (Phi) is 4.19. The van der Waals surface area contributed by atoms with E-state index in [0.29, 0.717) is 11.6 Å². The Labute approximate surface area is 123 Å². The first-order valence-corrected chi connectivity index (χ1v) is 7.56. The summed E-state index contributed by atoms with van der Waals surface area (Å²) < 4.78 is 5.54. The third kappa shape index (κ3) is 2.92. The van der Waals surface area contributed by atoms with Gasteiger partial charge in [-0.05, 0) is 25.7 Å². The number of rotatable bonds is 6. The highest BCUT2D eigenvalue weighted by Crippen LogP contribution is 2.27. The van der Waals surface area contributed by atoms with Crippen molar-refractivity contribution in [2.75, 3.05) is 24.3 Å². The zero-order valence-corrected chi connectivity index (χ0v) is 12.5. The van der Waals surface area contributed by atoms with Crippen molar-refractivity contribution in [1.29, 1.82) is 0 Å². The van der Waals surface area contributed by atoms with E-state index in [9.17, 15) is 0 Å². The standard InChI is InChI=1S/C14H22N6O/c1-3-7-15-14-19-12-11(16-8-17-12)13(20-14)18-9-5-4-6-10(9)21-2/h8-10H,3-7H2,1-2H3,(H3,15,16,17,18,19,20). The molecule has 0 bridgehead atoms. The molecule has 7 nitrogen and oxygen atoms in total. The van der Waals surface area contributed by atoms with E-state index in [1.807, 2.05) is 0 Å². The molecular formula is C14H22N6O. The van der Waals surface area contributed by atoms with E-state index in [1.54, 1.807) is 13.4 Å². The van der Waals surface area contributed by atoms with E-state index in [2.05, 4.69) is 37.5 Å². The Balaban J connectivity index is 1.87. The quantitative estimate of drug-likeness (QED) is 0.755. The third-order valence-corrected chi connectivity index (χ3v) is 3.90. The van der Waals surface area contributed by atoms with Crippen LogP contribution >= 0.6 is 0 Å². The minimum absolute atomic E-state index is 0.241. The van der Waals surface area contributed by atoms with Crippen molar-refractivity contribution < 1.29 is 4.74 Å². The molecule has 2 heterocycles. The van der Waals surface area contributed by atoms with Crippen LogP contribution in [0.15, 0.2) is 6.33 Å². The number of hydrogen-bond donors (Lipinski definition) is 3. The molecule has 2 unspecified atom stereocenters. The number of aromatic nitrogens is 4. The molecule has 0 aliphatic heterocycles. The maximum atomic E-state index is 5.54. The summed E-state index contributed by atoms with van der Waals surface area (Å²) in [6.45, 7) is 2.96. The maximum Gasteiger partial charge on any atom is 0.226 e. The summed E-state index contributed by atoms with van der Waals surface area (Å²) in [4.78, 5) is 16.3. The maximum absolute atomic E-state index is 5.54. The van der Waals surface area contributed by atoms with Gasteiger partial charge in [0, 0.05) is 13.7 Å². The molecule has 21 heavy (non-hydrogen) atoms. The molecule has 1 aliphatic carbocycles. The van der Waals surface area contributed by atoms with Gasteiger partial charge in [-0.25, -0.2) is 4.98 Å². The van der Waals surface area contributed by atoms with Crippen LogP contribution < -0.4 is 10.6 Å². The van der Waals surface area contributed by atoms with E-state index in [4.69, 9.17) is 4.74 Å². The molecular weight excluding hydrogens is 268 g/mol. The zero-order chi connectivity index (χ0) is 14.7. The van der Waals surface area contributed by atoms with Gasteiger partial charge in [-0.1, -0.05) is 6.92 Å². The summed E-state index contributed by atoms with van der Waals surface area (Å²) in [5.41, 5.74) is 1.52. The Hall–Kier alpha value is -1.89. The van der Waals surface area contributed by atoms with E-state index >= 15 is 0 Å². The van der Waals surface area contributed by atoms with Gasteiger partial charge < -0.3 is 20.4 Å². The van der Waals surface area contributed by atoms with Gasteiger partial charge in [0.2, 0.25) is 5.95 Å². The van der Waals surface area contributed by atoms with Crippen molar-refractivity contribution in [2.24, 2.45) is 0 Å². The molecule has 0 radical (unpaired) electrons. The van der Waals surface area contributed by atoms with Crippen molar-refractivity contribution in [3.63, 3.8) is 0 Å². The summed E-state index contributed by atoms with van der Waals surface area (Å²) >= 11 is 0. The summed E-state index contributed by atoms with van der Waals surface area (Å²) in [5, 5.41) is 6.72. The SMILES string of the molecule is CCCNc1nc(NC2CCCC2OC)c2[nH]cnc2n1. The third-order valence-electron chi connectivity index (χ3n) is 3.90. The van der Waals surface area contributed by atoms with Gasteiger partial charge in [0.1, 0.15) is 5.52 Å². The van der Waals surface area contributed by atoms with Crippen LogP contribution in [0.1, 0.15) is 32.6 Å². The first-order chi connectivity index (χ1) is 10.3. The molecule has 1 aliphatic rings. The molecule has 1 fully saturated rings. The van der Waals surface area contributed by atoms with Crippen LogP contribution in [-0.2, 0) is 4.74 Å². The van der Waals surface area contributed by atoms with Crippen LogP contribution in [0.2, 0.25) is 0 Å². The summed E-state index contributed by atoms with van der Waals surface area (Å²) in [5.74, 6) is 1.41. The number of H-pyrrole nitrogens is 1. The van der Waals surface area contributed by atoms with Gasteiger partial charge >= 0.3 is 0 Å². The highest BCUT2D eigenvalue weighted by atomic mass is 16.5. The van der Waals surface area contributed by atoms with Crippen LogP contribution in [0.25, 0.3) is 11.2 Å². The Morgan fingerprint density at radius 1 is 1.38 bits per heavy atom. The van der Waals surface area contributed by atoms with Crippen LogP contribution in [0.4, 0.5) is 11.8 Å². The highest BCUT2D eigenvalue weighted by Gasteiger charge is 2.28. The lowest BCUT2D eigenvalue weighted by molar-refractivity contribution is 0.101. The van der Waals surface area contributed by atoms with Crippen LogP contribution in [0.3, 0.4) is 0 Å². The van der Waals surface area contributed by atoms with Crippen molar-refractivity contribution in [2.45, 2.75) is 44.8 Å². The molecule has 2 aromatic rings. The number of nitrogens with one attached hydrogen (secondary N) is 3. The molecule has 1 saturated carbocycles. The fourth-order valence-electron chi connectivity index (χ4n) is 2.80. The molecule has 0 aromatic carbocycles. The zero-order valence-electron chi connectivity index (χ0n) is 12.5. The first-order valence-electron chi connectivity index (χ1n) is 7.56. The Morgan fingerprint density at radius 2 is 2.29 bits per heavy atom. The lowest BCUT2D eigenvalue weighted by Gasteiger charge is -2.20. The second kappa shape index (κ2) is 6.26. The number of anilines is 2. The molecule has 0 spiro atoms. The van der Waals surface area contributed by atoms with Gasteiger partial charge in [0.05, 0.1) is 18.5 Å². The van der Waals surface area contributed by atoms with E-state index in [-0.39, 0.29) is 12.1 Å². The molecule has 3 N–H and O–H groups in total. The average Bonchev–Trinajstić information content (AvgIpc) is 3.13. The van der Waals surface area contributed by atoms with Crippen molar-refractivity contribution in [3.8, 4) is 0 Å². The predicted molar refractivity (Wildman–Crippen MR) is 82.5 cm³/mol. The number of imidazole rings is 1. The van der Waals surface area contributed by atoms with Gasteiger partial charge in [-0.3, -0.25) is 0 Å². The van der Waals surface area contributed by atoms with E-state index in [1.165, 1.54) is 6.42 Å². The molecule has 7 heteroatoms. The minimum Gasteiger partial charge on any atom is -0.379 e. The molecule has 0 amide bonds. The van der Waals surface area contributed by atoms with Crippen molar-refractivity contribution in [1.82, 2.24) is 19.9 Å². The second-order valence-corrected chi connectivity index (χ2v) is 5.38. The van der Waals surface area contributed by atoms with Crippen LogP contribution in [0, 0.1) is 0 Å². The molecule has 114 valence electrons. The largest absolute Gasteiger partial charge is 0.379 e. The van der Waals surface area contributed by atoms with E-state index in [0.717, 1.165) is 37.1 Å². The summed E-state index contributed by atoms with van der Waals surface area (Å²) in [6, 6.07) is 0.287. The number of nitrogens with zero attached hydrogens (tertiary/aromatic N) is 3. The summed E-state index contributed by atoms with van der Waals surface area (Å²) in [7, 11) is 1.77. The number of fused-ring (bicyclic) bond motifs is 1. The number of hydrogen-bond acceptors (Lipinski definition) is 6. The highest BCUT2D eigenvalue weighted by molar-refractivity contribution is 5.83. The predicted octanol–water partition coefficient (Wildman–Crippen LogP) is 2.15. The molecule has 0 saturated heterocycles. The number of ether oxygens (including phenoxy) is 1. The molecule has 2 aromatic heterocycles. The van der Waals surface area contributed by atoms with Crippen molar-refractivity contribution in [3.05, 3.63) is 6.33 Å². The summed E-state index contributed by atoms with van der Waals surface area (Å²) in [6.07, 6.45) is 6.27. The minimum atomic E-state index is 0.241. The normalized spacial score (nSPS) is 21.8. The lowest BCUT2D eigenvalue weighted by atomic mass is 10.2. The topological polar surface area (TPSA) is 87.8 Å². The Bertz CT molecular complexity index is 598. The first kappa shape index (κ1) is 14.1. The number of aromatic amines is 1. The molecule has 3 rings (SSSR count). The fourth-order valence-corrected chi connectivity index (χ4v) is 2.80. The molecule has 2 atom stereocenters. The number of methoxy groups -OCH3 is 1. The smallest absolute Gasteiger partial charge is 0.226 e. The Morgan fingerprint density at radius 3 is 3.10 bits per heavy atom. The van der Waals surface area contributed by atoms with Gasteiger partial charge in [0.25, 0.3) is 0 Å². The van der Waals surface area contributed by atoms with Crippen molar-refractivity contribution >= 4 is 22.9 Å². The average molecular weight is 290 g/mol. The lowest BCUT2D eigenvalue weighted by Crippen LogP contribution is -2.30. The van der Waals surface area contributed by atoms with Gasteiger partial charge in [0.15, 0.2) is 11.5 Å². The van der Waals surface area contributed by atoms with Gasteiger partial charge in [-0.15, -0.1) is 0 Å². The van der Waals surface area contributed by atoms with Gasteiger partial charge in [-0.2, -0.15) is 9.97 Å². The second-order valence-electron chi connectivity index (χ2n) is 5.38. The van der Waals surface area contributed by atoms with Crippen LogP contribution in [-0.4, -0.2) is 45.7 Å². The van der Waals surface area contributed by atoms with E-state index < -0.39 is 0 Å². The monoisotopic (exact) mass is 290 g/mol.